The summed E-state index contributed by atoms with van der Waals surface area (Å²) in [6, 6.07) is 0. The molecule has 11 heavy (non-hydrogen) atoms. The quantitative estimate of drug-likeness (QED) is 0.615. The van der Waals surface area contributed by atoms with Crippen molar-refractivity contribution in [1.82, 2.24) is 0 Å². The van der Waals surface area contributed by atoms with Crippen molar-refractivity contribution in [2.75, 3.05) is 19.8 Å². The van der Waals surface area contributed by atoms with Crippen LogP contribution in [0, 0.1) is 5.41 Å². The van der Waals surface area contributed by atoms with Gasteiger partial charge in [0, 0.05) is 5.41 Å². The molecule has 0 aromatic rings. The summed E-state index contributed by atoms with van der Waals surface area (Å²) in [7, 11) is 0. The van der Waals surface area contributed by atoms with Crippen LogP contribution in [0.1, 0.15) is 20.8 Å². The largest absolute Gasteiger partial charge is 0.396 e. The molecule has 0 bridgehead atoms. The number of rotatable bonds is 5. The molecular formula is C8H18O3. The number of ether oxygens (including phenoxy) is 1. The van der Waals surface area contributed by atoms with E-state index in [1.807, 2.05) is 13.8 Å². The van der Waals surface area contributed by atoms with Crippen molar-refractivity contribution in [3.63, 3.8) is 0 Å². The monoisotopic (exact) mass is 162 g/mol. The van der Waals surface area contributed by atoms with Gasteiger partial charge in [0.2, 0.25) is 0 Å². The number of aliphatic hydroxyl groups is 2. The molecule has 68 valence electrons. The van der Waals surface area contributed by atoms with E-state index in [4.69, 9.17) is 14.9 Å². The summed E-state index contributed by atoms with van der Waals surface area (Å²) >= 11 is 0. The second-order valence-corrected chi connectivity index (χ2v) is 3.69. The van der Waals surface area contributed by atoms with E-state index in [9.17, 15) is 0 Å². The Labute approximate surface area is 68.0 Å². The van der Waals surface area contributed by atoms with E-state index in [0.717, 1.165) is 0 Å². The van der Waals surface area contributed by atoms with Crippen molar-refractivity contribution in [2.24, 2.45) is 5.41 Å². The molecule has 0 radical (unpaired) electrons. The molecule has 0 amide bonds. The van der Waals surface area contributed by atoms with Crippen LogP contribution in [0.3, 0.4) is 0 Å². The predicted octanol–water partition coefficient (Wildman–Crippen LogP) is 0.402. The standard InChI is InChI=1S/C8H18O3/c1-7(10)4-11-6-8(2,3)5-9/h7,9-10H,4-6H2,1-3H3. The molecule has 0 rings (SSSR count). The fourth-order valence-electron chi connectivity index (χ4n) is 0.551. The van der Waals surface area contributed by atoms with Gasteiger partial charge in [-0.25, -0.2) is 0 Å². The Morgan fingerprint density at radius 2 is 2.00 bits per heavy atom. The van der Waals surface area contributed by atoms with E-state index in [1.54, 1.807) is 6.92 Å². The van der Waals surface area contributed by atoms with E-state index in [2.05, 4.69) is 0 Å². The minimum Gasteiger partial charge on any atom is -0.396 e. The number of hydrogen-bond acceptors (Lipinski definition) is 3. The molecule has 0 aromatic heterocycles. The van der Waals surface area contributed by atoms with E-state index in [-0.39, 0.29) is 12.0 Å². The summed E-state index contributed by atoms with van der Waals surface area (Å²) in [4.78, 5) is 0. The van der Waals surface area contributed by atoms with E-state index in [0.29, 0.717) is 13.2 Å². The molecule has 0 fully saturated rings. The molecule has 2 N–H and O–H groups in total. The highest BCUT2D eigenvalue weighted by molar-refractivity contribution is 4.65. The van der Waals surface area contributed by atoms with Crippen LogP contribution in [0.2, 0.25) is 0 Å². The summed E-state index contributed by atoms with van der Waals surface area (Å²) in [5.41, 5.74) is -0.200. The molecule has 3 heteroatoms. The smallest absolute Gasteiger partial charge is 0.0745 e. The van der Waals surface area contributed by atoms with E-state index >= 15 is 0 Å². The van der Waals surface area contributed by atoms with Gasteiger partial charge in [-0.3, -0.25) is 0 Å². The highest BCUT2D eigenvalue weighted by Crippen LogP contribution is 2.13. The zero-order chi connectivity index (χ0) is 8.91. The Balaban J connectivity index is 3.38. The minimum absolute atomic E-state index is 0.104. The van der Waals surface area contributed by atoms with Crippen molar-refractivity contribution in [3.05, 3.63) is 0 Å². The van der Waals surface area contributed by atoms with Gasteiger partial charge in [0.05, 0.1) is 25.9 Å². The maximum absolute atomic E-state index is 8.83. The molecule has 0 aliphatic rings. The van der Waals surface area contributed by atoms with Gasteiger partial charge in [0.1, 0.15) is 0 Å². The summed E-state index contributed by atoms with van der Waals surface area (Å²) < 4.78 is 5.14. The van der Waals surface area contributed by atoms with Gasteiger partial charge < -0.3 is 14.9 Å². The van der Waals surface area contributed by atoms with Crippen LogP contribution in [-0.2, 0) is 4.74 Å². The van der Waals surface area contributed by atoms with E-state index < -0.39 is 6.10 Å². The first-order valence-electron chi connectivity index (χ1n) is 3.84. The molecule has 0 heterocycles. The second kappa shape index (κ2) is 4.70. The molecule has 1 atom stereocenters. The van der Waals surface area contributed by atoms with Crippen LogP contribution in [0.25, 0.3) is 0 Å². The average molecular weight is 162 g/mol. The highest BCUT2D eigenvalue weighted by Gasteiger charge is 2.16. The van der Waals surface area contributed by atoms with Gasteiger partial charge in [0.15, 0.2) is 0 Å². The third-order valence-corrected chi connectivity index (χ3v) is 1.28. The summed E-state index contributed by atoms with van der Waals surface area (Å²) in [5, 5.41) is 17.7. The lowest BCUT2D eigenvalue weighted by molar-refractivity contribution is -0.00893. The van der Waals surface area contributed by atoms with Gasteiger partial charge in [-0.05, 0) is 6.92 Å². The van der Waals surface area contributed by atoms with Gasteiger partial charge >= 0.3 is 0 Å². The number of hydrogen-bond donors (Lipinski definition) is 2. The first-order valence-corrected chi connectivity index (χ1v) is 3.84. The lowest BCUT2D eigenvalue weighted by Crippen LogP contribution is -2.25. The Bertz CT molecular complexity index is 99.5. The normalized spacial score (nSPS) is 15.0. The predicted molar refractivity (Wildman–Crippen MR) is 43.4 cm³/mol. The van der Waals surface area contributed by atoms with Crippen LogP contribution in [-0.4, -0.2) is 36.1 Å². The molecule has 0 aliphatic carbocycles. The van der Waals surface area contributed by atoms with Crippen LogP contribution in [0.15, 0.2) is 0 Å². The molecule has 0 saturated heterocycles. The molecule has 0 aliphatic heterocycles. The van der Waals surface area contributed by atoms with E-state index in [1.165, 1.54) is 0 Å². The molecule has 0 spiro atoms. The maximum Gasteiger partial charge on any atom is 0.0745 e. The Morgan fingerprint density at radius 1 is 1.45 bits per heavy atom. The zero-order valence-corrected chi connectivity index (χ0v) is 7.50. The molecule has 0 aromatic carbocycles. The average Bonchev–Trinajstić information content (AvgIpc) is 1.87. The molecule has 3 nitrogen and oxygen atoms in total. The third kappa shape index (κ3) is 6.28. The van der Waals surface area contributed by atoms with Crippen molar-refractivity contribution >= 4 is 0 Å². The lowest BCUT2D eigenvalue weighted by Gasteiger charge is -2.21. The fourth-order valence-corrected chi connectivity index (χ4v) is 0.551. The zero-order valence-electron chi connectivity index (χ0n) is 7.50. The molecule has 1 unspecified atom stereocenters. The summed E-state index contributed by atoms with van der Waals surface area (Å²) in [6.45, 7) is 6.42. The van der Waals surface area contributed by atoms with Gasteiger partial charge in [-0.2, -0.15) is 0 Å². The topological polar surface area (TPSA) is 49.7 Å². The first-order chi connectivity index (χ1) is 4.98. The van der Waals surface area contributed by atoms with Crippen molar-refractivity contribution < 1.29 is 14.9 Å². The fraction of sp³-hybridized carbons (Fsp3) is 1.00. The lowest BCUT2D eigenvalue weighted by atomic mass is 9.97. The Morgan fingerprint density at radius 3 is 2.36 bits per heavy atom. The van der Waals surface area contributed by atoms with Crippen LogP contribution < -0.4 is 0 Å². The summed E-state index contributed by atoms with van der Waals surface area (Å²) in [6.07, 6.45) is -0.426. The van der Waals surface area contributed by atoms with Crippen molar-refractivity contribution in [3.8, 4) is 0 Å². The third-order valence-electron chi connectivity index (χ3n) is 1.28. The summed E-state index contributed by atoms with van der Waals surface area (Å²) in [5.74, 6) is 0. The van der Waals surface area contributed by atoms with Crippen LogP contribution in [0.4, 0.5) is 0 Å². The second-order valence-electron chi connectivity index (χ2n) is 3.69. The van der Waals surface area contributed by atoms with Crippen molar-refractivity contribution in [1.29, 1.82) is 0 Å². The SMILES string of the molecule is CC(O)COCC(C)(C)CO. The molecular weight excluding hydrogens is 144 g/mol. The molecule has 0 saturated carbocycles. The van der Waals surface area contributed by atoms with Gasteiger partial charge in [-0.1, -0.05) is 13.8 Å². The van der Waals surface area contributed by atoms with Crippen LogP contribution >= 0.6 is 0 Å². The van der Waals surface area contributed by atoms with Crippen molar-refractivity contribution in [2.45, 2.75) is 26.9 Å². The van der Waals surface area contributed by atoms with Crippen LogP contribution in [0.5, 0.6) is 0 Å². The maximum atomic E-state index is 8.83. The van der Waals surface area contributed by atoms with Gasteiger partial charge in [0.25, 0.3) is 0 Å². The number of aliphatic hydroxyl groups excluding tert-OH is 2. The first kappa shape index (κ1) is 10.9. The Kier molecular flexibility index (Phi) is 4.65. The Hall–Kier alpha value is -0.120. The minimum atomic E-state index is -0.426. The van der Waals surface area contributed by atoms with Gasteiger partial charge in [-0.15, -0.1) is 0 Å². The highest BCUT2D eigenvalue weighted by atomic mass is 16.5.